The van der Waals surface area contributed by atoms with E-state index in [0.717, 1.165) is 30.7 Å². The maximum Gasteiger partial charge on any atom is 0.0614 e. The molecule has 1 aromatic rings. The average molecular weight is 284 g/mol. The second-order valence-electron chi connectivity index (χ2n) is 4.38. The number of nitrogens with one attached hydrogen (secondary N) is 1. The van der Waals surface area contributed by atoms with Crippen LogP contribution in [0.3, 0.4) is 0 Å². The largest absolute Gasteiger partial charge is 0.382 e. The zero-order chi connectivity index (χ0) is 11.5. The first-order valence-corrected chi connectivity index (χ1v) is 6.48. The number of anilines is 2. The molecule has 3 N–H and O–H groups in total. The van der Waals surface area contributed by atoms with E-state index in [-0.39, 0.29) is 0 Å². The minimum absolute atomic E-state index is 0.532. The summed E-state index contributed by atoms with van der Waals surface area (Å²) >= 11 is 3.52. The van der Waals surface area contributed by atoms with Gasteiger partial charge in [0.2, 0.25) is 0 Å². The molecule has 0 spiro atoms. The lowest BCUT2D eigenvalue weighted by molar-refractivity contribution is 0.570. The summed E-state index contributed by atoms with van der Waals surface area (Å²) < 4.78 is 1.13. The van der Waals surface area contributed by atoms with Crippen molar-refractivity contribution in [3.63, 3.8) is 0 Å². The summed E-state index contributed by atoms with van der Waals surface area (Å²) in [5.74, 6) is 0.532. The zero-order valence-corrected chi connectivity index (χ0v) is 11.1. The average Bonchev–Trinajstić information content (AvgIpc) is 2.29. The van der Waals surface area contributed by atoms with E-state index in [1.807, 2.05) is 0 Å². The Morgan fingerprint density at radius 3 is 3.12 bits per heavy atom. The Bertz CT molecular complexity index is 367. The predicted octanol–water partition coefficient (Wildman–Crippen LogP) is 2.28. The van der Waals surface area contributed by atoms with Crippen molar-refractivity contribution in [2.24, 2.45) is 11.7 Å². The fraction of sp³-hybridized carbons (Fsp3) is 0.500. The number of nitrogens with two attached hydrogens (primary N) is 1. The summed E-state index contributed by atoms with van der Waals surface area (Å²) in [6, 6.07) is 6.37. The van der Waals surface area contributed by atoms with Crippen molar-refractivity contribution >= 4 is 27.3 Å². The highest BCUT2D eigenvalue weighted by Gasteiger charge is 2.17. The lowest BCUT2D eigenvalue weighted by Gasteiger charge is -2.33. The van der Waals surface area contributed by atoms with E-state index in [0.29, 0.717) is 5.92 Å². The van der Waals surface area contributed by atoms with E-state index in [1.54, 1.807) is 0 Å². The van der Waals surface area contributed by atoms with Gasteiger partial charge in [0, 0.05) is 24.1 Å². The van der Waals surface area contributed by atoms with Crippen LogP contribution in [0.1, 0.15) is 6.92 Å². The number of halogens is 1. The first kappa shape index (κ1) is 11.7. The molecule has 1 aromatic carbocycles. The molecule has 0 aromatic heterocycles. The zero-order valence-electron chi connectivity index (χ0n) is 9.54. The highest BCUT2D eigenvalue weighted by Crippen LogP contribution is 2.32. The van der Waals surface area contributed by atoms with Gasteiger partial charge in [-0.3, -0.25) is 0 Å². The quantitative estimate of drug-likeness (QED) is 0.894. The molecule has 4 heteroatoms. The van der Waals surface area contributed by atoms with Crippen LogP contribution in [-0.4, -0.2) is 26.2 Å². The molecule has 0 fully saturated rings. The molecule has 1 atom stereocenters. The summed E-state index contributed by atoms with van der Waals surface area (Å²) in [7, 11) is 0. The third-order valence-electron chi connectivity index (χ3n) is 2.93. The third-order valence-corrected chi connectivity index (χ3v) is 3.43. The van der Waals surface area contributed by atoms with Gasteiger partial charge in [0.05, 0.1) is 11.4 Å². The van der Waals surface area contributed by atoms with Crippen LogP contribution in [-0.2, 0) is 0 Å². The second kappa shape index (κ2) is 5.06. The molecule has 0 amide bonds. The van der Waals surface area contributed by atoms with Crippen molar-refractivity contribution in [3.05, 3.63) is 22.7 Å². The van der Waals surface area contributed by atoms with Crippen molar-refractivity contribution in [1.82, 2.24) is 0 Å². The van der Waals surface area contributed by atoms with Crippen molar-refractivity contribution in [2.45, 2.75) is 6.92 Å². The molecule has 1 aliphatic heterocycles. The van der Waals surface area contributed by atoms with Crippen LogP contribution in [0.15, 0.2) is 22.7 Å². The monoisotopic (exact) mass is 283 g/mol. The van der Waals surface area contributed by atoms with Crippen LogP contribution in [0.25, 0.3) is 0 Å². The lowest BCUT2D eigenvalue weighted by atomic mass is 10.1. The van der Waals surface area contributed by atoms with Crippen LogP contribution in [0.2, 0.25) is 0 Å². The Morgan fingerprint density at radius 1 is 1.56 bits per heavy atom. The molecular formula is C12H18BrN3. The normalized spacial score (nSPS) is 16.6. The Balaban J connectivity index is 2.21. The summed E-state index contributed by atoms with van der Waals surface area (Å²) in [6.07, 6.45) is 0. The highest BCUT2D eigenvalue weighted by atomic mass is 79.9. The van der Waals surface area contributed by atoms with E-state index in [2.05, 4.69) is 51.3 Å². The maximum absolute atomic E-state index is 5.69. The van der Waals surface area contributed by atoms with Crippen LogP contribution in [0.5, 0.6) is 0 Å². The Labute approximate surface area is 105 Å². The van der Waals surface area contributed by atoms with Gasteiger partial charge in [-0.1, -0.05) is 22.9 Å². The second-order valence-corrected chi connectivity index (χ2v) is 5.29. The predicted molar refractivity (Wildman–Crippen MR) is 73.1 cm³/mol. The number of hydrogen-bond acceptors (Lipinski definition) is 3. The highest BCUT2D eigenvalue weighted by molar-refractivity contribution is 9.10. The van der Waals surface area contributed by atoms with Crippen LogP contribution >= 0.6 is 15.9 Å². The molecule has 0 radical (unpaired) electrons. The number of hydrogen-bond donors (Lipinski definition) is 2. The van der Waals surface area contributed by atoms with Gasteiger partial charge in [-0.25, -0.2) is 0 Å². The molecule has 2 rings (SSSR count). The molecule has 1 heterocycles. The lowest BCUT2D eigenvalue weighted by Crippen LogP contribution is -2.38. The smallest absolute Gasteiger partial charge is 0.0614 e. The topological polar surface area (TPSA) is 41.3 Å². The molecule has 0 aliphatic carbocycles. The van der Waals surface area contributed by atoms with E-state index >= 15 is 0 Å². The van der Waals surface area contributed by atoms with Gasteiger partial charge in [0.15, 0.2) is 0 Å². The Morgan fingerprint density at radius 2 is 2.38 bits per heavy atom. The molecule has 16 heavy (non-hydrogen) atoms. The minimum atomic E-state index is 0.532. The molecule has 88 valence electrons. The molecule has 0 bridgehead atoms. The molecule has 3 nitrogen and oxygen atoms in total. The fourth-order valence-corrected chi connectivity index (χ4v) is 2.35. The molecule has 0 saturated heterocycles. The number of rotatable bonds is 3. The van der Waals surface area contributed by atoms with Gasteiger partial charge in [-0.05, 0) is 30.7 Å². The standard InChI is InChI=1S/C12H18BrN3/c1-9(7-14)8-16-5-4-15-11-3-2-10(13)6-12(11)16/h2-3,6,9,15H,4-5,7-8,14H2,1H3. The Kier molecular flexibility index (Phi) is 3.71. The first-order valence-electron chi connectivity index (χ1n) is 5.69. The summed E-state index contributed by atoms with van der Waals surface area (Å²) in [5, 5.41) is 3.42. The molecule has 0 saturated carbocycles. The van der Waals surface area contributed by atoms with Crippen LogP contribution in [0, 0.1) is 5.92 Å². The fourth-order valence-electron chi connectivity index (χ4n) is 2.00. The molecule has 1 aliphatic rings. The molecule has 1 unspecified atom stereocenters. The summed E-state index contributed by atoms with van der Waals surface area (Å²) in [6.45, 7) is 6.02. The van der Waals surface area contributed by atoms with Crippen molar-refractivity contribution in [3.8, 4) is 0 Å². The van der Waals surface area contributed by atoms with Gasteiger partial charge in [-0.15, -0.1) is 0 Å². The van der Waals surface area contributed by atoms with Crippen LogP contribution < -0.4 is 16.0 Å². The van der Waals surface area contributed by atoms with Crippen molar-refractivity contribution in [1.29, 1.82) is 0 Å². The number of benzene rings is 1. The molecular weight excluding hydrogens is 266 g/mol. The van der Waals surface area contributed by atoms with E-state index in [9.17, 15) is 0 Å². The van der Waals surface area contributed by atoms with Gasteiger partial charge >= 0.3 is 0 Å². The number of nitrogens with zero attached hydrogens (tertiary/aromatic N) is 1. The van der Waals surface area contributed by atoms with Crippen molar-refractivity contribution in [2.75, 3.05) is 36.4 Å². The maximum atomic E-state index is 5.69. The summed E-state index contributed by atoms with van der Waals surface area (Å²) in [5.41, 5.74) is 8.19. The van der Waals surface area contributed by atoms with Crippen molar-refractivity contribution < 1.29 is 0 Å². The van der Waals surface area contributed by atoms with E-state index in [1.165, 1.54) is 11.4 Å². The Hall–Kier alpha value is -0.740. The van der Waals surface area contributed by atoms with Gasteiger partial charge in [0.25, 0.3) is 0 Å². The summed E-state index contributed by atoms with van der Waals surface area (Å²) in [4.78, 5) is 2.41. The SMILES string of the molecule is CC(CN)CN1CCNc2ccc(Br)cc21. The van der Waals surface area contributed by atoms with E-state index < -0.39 is 0 Å². The number of fused-ring (bicyclic) bond motifs is 1. The van der Waals surface area contributed by atoms with E-state index in [4.69, 9.17) is 5.73 Å². The first-order chi connectivity index (χ1) is 7.70. The third kappa shape index (κ3) is 2.50. The van der Waals surface area contributed by atoms with Gasteiger partial charge in [-0.2, -0.15) is 0 Å². The van der Waals surface area contributed by atoms with Gasteiger partial charge < -0.3 is 16.0 Å². The van der Waals surface area contributed by atoms with Crippen LogP contribution in [0.4, 0.5) is 11.4 Å². The van der Waals surface area contributed by atoms with Gasteiger partial charge in [0.1, 0.15) is 0 Å². The minimum Gasteiger partial charge on any atom is -0.382 e.